The van der Waals surface area contributed by atoms with Crippen LogP contribution in [0.2, 0.25) is 30.7 Å². The number of methoxy groups -OCH3 is 1. The van der Waals surface area contributed by atoms with Gasteiger partial charge in [0.2, 0.25) is 0 Å². The average molecular weight is 629 g/mol. The molecular weight excluding hydrogens is 592 g/mol. The number of amides is 1. The normalized spacial score (nSPS) is 20.6. The molecule has 13 heteroatoms. The lowest BCUT2D eigenvalue weighted by atomic mass is 9.97. The van der Waals surface area contributed by atoms with Crippen LogP contribution in [0.1, 0.15) is 30.7 Å². The predicted molar refractivity (Wildman–Crippen MR) is 169 cm³/mol. The van der Waals surface area contributed by atoms with Crippen LogP contribution >= 0.6 is 22.9 Å². The van der Waals surface area contributed by atoms with Crippen LogP contribution in [0.3, 0.4) is 0 Å². The molecule has 10 nitrogen and oxygen atoms in total. The van der Waals surface area contributed by atoms with E-state index in [4.69, 9.17) is 31.0 Å². The monoisotopic (exact) mass is 628 g/mol. The van der Waals surface area contributed by atoms with Gasteiger partial charge in [-0.05, 0) is 37.8 Å². The molecule has 6 rings (SSSR count). The van der Waals surface area contributed by atoms with Gasteiger partial charge in [-0.3, -0.25) is 0 Å². The summed E-state index contributed by atoms with van der Waals surface area (Å²) >= 11 is 8.56. The van der Waals surface area contributed by atoms with Gasteiger partial charge in [0.25, 0.3) is 0 Å². The molecule has 2 aliphatic rings. The highest BCUT2D eigenvalue weighted by Gasteiger charge is 2.42. The van der Waals surface area contributed by atoms with Crippen molar-refractivity contribution in [3.63, 3.8) is 0 Å². The number of benzene rings is 1. The van der Waals surface area contributed by atoms with Gasteiger partial charge in [-0.2, -0.15) is 0 Å². The van der Waals surface area contributed by atoms with Gasteiger partial charge >= 0.3 is 6.09 Å². The molecule has 2 aliphatic heterocycles. The molecule has 42 heavy (non-hydrogen) atoms. The zero-order chi connectivity index (χ0) is 29.6. The van der Waals surface area contributed by atoms with Crippen molar-refractivity contribution in [2.75, 3.05) is 18.6 Å². The molecular formula is C29H37ClN6O4SSi. The highest BCUT2D eigenvalue weighted by molar-refractivity contribution is 7.19. The number of nitrogens with zero attached hydrogens (tertiary/aromatic N) is 5. The van der Waals surface area contributed by atoms with Crippen molar-refractivity contribution in [1.82, 2.24) is 24.8 Å². The summed E-state index contributed by atoms with van der Waals surface area (Å²) in [6.45, 7) is 8.54. The number of anilines is 1. The number of nitrogens with one attached hydrogen (secondary N) is 1. The minimum absolute atomic E-state index is 0.0311. The Kier molecular flexibility index (Phi) is 8.18. The SMILES string of the molecule is COCc1nc2ccc(-c3cn(COCC[Si](C)(C)C)c4nc(N5C6CCC5CC(NC(=O)O)C6)cnc34)c(Cl)c2s1. The molecule has 0 spiro atoms. The molecule has 0 aliphatic carbocycles. The number of hydrogen-bond donors (Lipinski definition) is 2. The van der Waals surface area contributed by atoms with Gasteiger partial charge in [0, 0.05) is 57.2 Å². The lowest BCUT2D eigenvalue weighted by Gasteiger charge is -2.39. The largest absolute Gasteiger partial charge is 0.465 e. The van der Waals surface area contributed by atoms with E-state index in [1.54, 1.807) is 18.4 Å². The number of halogens is 1. The van der Waals surface area contributed by atoms with Crippen molar-refractivity contribution in [1.29, 1.82) is 0 Å². The molecule has 4 aromatic rings. The Morgan fingerprint density at radius 3 is 2.64 bits per heavy atom. The second kappa shape index (κ2) is 11.7. The van der Waals surface area contributed by atoms with Crippen LogP contribution < -0.4 is 10.2 Å². The predicted octanol–water partition coefficient (Wildman–Crippen LogP) is 6.59. The third-order valence-electron chi connectivity index (χ3n) is 8.20. The molecule has 0 saturated carbocycles. The molecule has 2 fully saturated rings. The van der Waals surface area contributed by atoms with E-state index < -0.39 is 14.2 Å². The Balaban J connectivity index is 1.37. The zero-order valence-electron chi connectivity index (χ0n) is 24.4. The fourth-order valence-electron chi connectivity index (χ4n) is 6.24. The number of ether oxygens (including phenoxy) is 2. The van der Waals surface area contributed by atoms with Crippen molar-refractivity contribution in [2.24, 2.45) is 0 Å². The molecule has 2 atom stereocenters. The van der Waals surface area contributed by atoms with Crippen LogP contribution in [-0.2, 0) is 22.8 Å². The van der Waals surface area contributed by atoms with E-state index in [1.807, 2.05) is 29.1 Å². The Hall–Kier alpha value is -2.77. The van der Waals surface area contributed by atoms with Crippen molar-refractivity contribution in [3.05, 3.63) is 34.6 Å². The number of rotatable bonds is 10. The molecule has 2 saturated heterocycles. The summed E-state index contributed by atoms with van der Waals surface area (Å²) < 4.78 is 14.4. The fourth-order valence-corrected chi connectivity index (χ4v) is 8.35. The highest BCUT2D eigenvalue weighted by Crippen LogP contribution is 2.42. The van der Waals surface area contributed by atoms with Crippen LogP contribution in [0.15, 0.2) is 24.5 Å². The lowest BCUT2D eigenvalue weighted by Crippen LogP contribution is -2.50. The van der Waals surface area contributed by atoms with Crippen molar-refractivity contribution in [2.45, 2.75) is 82.8 Å². The van der Waals surface area contributed by atoms with Gasteiger partial charge in [-0.15, -0.1) is 11.3 Å². The molecule has 2 unspecified atom stereocenters. The van der Waals surface area contributed by atoms with Crippen LogP contribution in [0.5, 0.6) is 0 Å². The number of hydrogen-bond acceptors (Lipinski definition) is 8. The van der Waals surface area contributed by atoms with E-state index in [0.717, 1.165) is 75.1 Å². The summed E-state index contributed by atoms with van der Waals surface area (Å²) in [6, 6.07) is 5.50. The number of carbonyl (C=O) groups is 1. The molecule has 2 N–H and O–H groups in total. The molecule has 3 aromatic heterocycles. The van der Waals surface area contributed by atoms with Crippen LogP contribution in [0, 0.1) is 0 Å². The topological polar surface area (TPSA) is 115 Å². The average Bonchev–Trinajstić information content (AvgIpc) is 3.58. The summed E-state index contributed by atoms with van der Waals surface area (Å²) in [5.74, 6) is 0.824. The third-order valence-corrected chi connectivity index (χ3v) is 11.5. The highest BCUT2D eigenvalue weighted by atomic mass is 35.5. The van der Waals surface area contributed by atoms with Gasteiger partial charge in [-0.1, -0.05) is 37.3 Å². The number of carboxylic acid groups (broad SMARTS) is 1. The van der Waals surface area contributed by atoms with E-state index in [2.05, 4.69) is 34.8 Å². The van der Waals surface area contributed by atoms with Crippen molar-refractivity contribution >= 4 is 64.3 Å². The Morgan fingerprint density at radius 1 is 1.19 bits per heavy atom. The van der Waals surface area contributed by atoms with E-state index in [0.29, 0.717) is 25.0 Å². The fraction of sp³-hybridized carbons (Fsp3) is 0.517. The van der Waals surface area contributed by atoms with E-state index in [1.165, 1.54) is 0 Å². The van der Waals surface area contributed by atoms with Gasteiger partial charge in [-0.25, -0.2) is 19.7 Å². The van der Waals surface area contributed by atoms with E-state index in [9.17, 15) is 9.90 Å². The first-order valence-corrected chi connectivity index (χ1v) is 19.3. The second-order valence-corrected chi connectivity index (χ2v) is 19.6. The maximum Gasteiger partial charge on any atom is 0.404 e. The maximum absolute atomic E-state index is 11.3. The van der Waals surface area contributed by atoms with Crippen LogP contribution in [-0.4, -0.2) is 70.6 Å². The summed E-state index contributed by atoms with van der Waals surface area (Å²) in [4.78, 5) is 28.4. The Labute approximate surface area is 255 Å². The van der Waals surface area contributed by atoms with E-state index in [-0.39, 0.29) is 18.1 Å². The number of fused-ring (bicyclic) bond motifs is 4. The van der Waals surface area contributed by atoms with E-state index >= 15 is 0 Å². The lowest BCUT2D eigenvalue weighted by molar-refractivity contribution is 0.0899. The van der Waals surface area contributed by atoms with Gasteiger partial charge in [0.1, 0.15) is 23.1 Å². The number of piperidine rings is 1. The summed E-state index contributed by atoms with van der Waals surface area (Å²) in [5.41, 5.74) is 4.15. The third kappa shape index (κ3) is 5.87. The standard InChI is InChI=1S/C29H37ClN6O4SSi/c1-39-15-24-33-22-8-7-20(25(30)27(22)41-24)21-14-35(16-40-9-10-42(2,3)4)28-26(21)31-13-23(34-28)36-18-5-6-19(36)12-17(11-18)32-29(37)38/h7-8,13-14,17-19,32H,5-6,9-12,15-16H2,1-4H3,(H,37,38). The molecule has 2 bridgehead atoms. The number of thiazole rings is 1. The molecule has 1 amide bonds. The molecule has 0 radical (unpaired) electrons. The summed E-state index contributed by atoms with van der Waals surface area (Å²) in [5, 5.41) is 13.5. The van der Waals surface area contributed by atoms with Crippen LogP contribution in [0.25, 0.3) is 32.5 Å². The van der Waals surface area contributed by atoms with Gasteiger partial charge in [0.05, 0.1) is 28.0 Å². The first-order chi connectivity index (χ1) is 20.1. The number of aromatic nitrogens is 4. The maximum atomic E-state index is 11.3. The minimum atomic E-state index is -1.23. The quantitative estimate of drug-likeness (QED) is 0.149. The minimum Gasteiger partial charge on any atom is -0.465 e. The summed E-state index contributed by atoms with van der Waals surface area (Å²) in [7, 11) is 0.428. The van der Waals surface area contributed by atoms with Crippen molar-refractivity contribution in [3.8, 4) is 11.1 Å². The van der Waals surface area contributed by atoms with Crippen LogP contribution in [0.4, 0.5) is 10.6 Å². The van der Waals surface area contributed by atoms with Gasteiger partial charge < -0.3 is 29.4 Å². The molecule has 224 valence electrons. The van der Waals surface area contributed by atoms with Crippen molar-refractivity contribution < 1.29 is 19.4 Å². The first-order valence-electron chi connectivity index (χ1n) is 14.4. The second-order valence-electron chi connectivity index (χ2n) is 12.5. The first kappa shape index (κ1) is 29.3. The van der Waals surface area contributed by atoms with Gasteiger partial charge in [0.15, 0.2) is 5.65 Å². The Bertz CT molecular complexity index is 1610. The molecule has 1 aromatic carbocycles. The zero-order valence-corrected chi connectivity index (χ0v) is 27.0. The molecule has 5 heterocycles. The smallest absolute Gasteiger partial charge is 0.404 e. The Morgan fingerprint density at radius 2 is 1.95 bits per heavy atom. The summed E-state index contributed by atoms with van der Waals surface area (Å²) in [6.07, 6.45) is 6.51.